The Kier molecular flexibility index (Phi) is 4.03. The molecule has 1 atom stereocenters. The Morgan fingerprint density at radius 1 is 1.19 bits per heavy atom. The summed E-state index contributed by atoms with van der Waals surface area (Å²) in [6, 6.07) is 8.81. The second-order valence-electron chi connectivity index (χ2n) is 4.58. The lowest BCUT2D eigenvalue weighted by molar-refractivity contribution is 0.504. The third-order valence-electron chi connectivity index (χ3n) is 3.33. The van der Waals surface area contributed by atoms with Crippen LogP contribution in [0.25, 0.3) is 0 Å². The molecule has 0 bridgehead atoms. The van der Waals surface area contributed by atoms with Crippen molar-refractivity contribution in [1.29, 1.82) is 0 Å². The zero-order chi connectivity index (χ0) is 11.2. The molecular weight excluding hydrogens is 194 g/mol. The SMILES string of the molecule is CCc1ccc(NCC2CC=CCC2)cc1. The van der Waals surface area contributed by atoms with Gasteiger partial charge in [0.05, 0.1) is 0 Å². The predicted molar refractivity (Wildman–Crippen MR) is 70.8 cm³/mol. The normalized spacial score (nSPS) is 19.7. The molecule has 0 spiro atoms. The third kappa shape index (κ3) is 3.13. The average molecular weight is 215 g/mol. The number of allylic oxidation sites excluding steroid dienone is 2. The van der Waals surface area contributed by atoms with Gasteiger partial charge in [0.25, 0.3) is 0 Å². The fourth-order valence-electron chi connectivity index (χ4n) is 2.16. The van der Waals surface area contributed by atoms with E-state index in [9.17, 15) is 0 Å². The number of hydrogen-bond donors (Lipinski definition) is 1. The van der Waals surface area contributed by atoms with Crippen LogP contribution in [0.4, 0.5) is 5.69 Å². The van der Waals surface area contributed by atoms with Gasteiger partial charge in [-0.1, -0.05) is 31.2 Å². The minimum atomic E-state index is 0.816. The Morgan fingerprint density at radius 3 is 2.62 bits per heavy atom. The first-order chi connectivity index (χ1) is 7.88. The molecule has 1 N–H and O–H groups in total. The van der Waals surface area contributed by atoms with E-state index in [4.69, 9.17) is 0 Å². The van der Waals surface area contributed by atoms with Crippen molar-refractivity contribution >= 4 is 5.69 Å². The number of hydrogen-bond acceptors (Lipinski definition) is 1. The van der Waals surface area contributed by atoms with Gasteiger partial charge in [0, 0.05) is 12.2 Å². The van der Waals surface area contributed by atoms with Crippen molar-refractivity contribution in [3.05, 3.63) is 42.0 Å². The number of nitrogens with one attached hydrogen (secondary N) is 1. The van der Waals surface area contributed by atoms with Gasteiger partial charge >= 0.3 is 0 Å². The lowest BCUT2D eigenvalue weighted by atomic mass is 9.94. The summed E-state index contributed by atoms with van der Waals surface area (Å²) in [5, 5.41) is 3.53. The van der Waals surface area contributed by atoms with Crippen LogP contribution >= 0.6 is 0 Å². The van der Waals surface area contributed by atoms with E-state index in [1.165, 1.54) is 30.5 Å². The highest BCUT2D eigenvalue weighted by Crippen LogP contribution is 2.19. The van der Waals surface area contributed by atoms with Crippen LogP contribution in [0.2, 0.25) is 0 Å². The van der Waals surface area contributed by atoms with E-state index < -0.39 is 0 Å². The fraction of sp³-hybridized carbons (Fsp3) is 0.467. The number of anilines is 1. The fourth-order valence-corrected chi connectivity index (χ4v) is 2.16. The Labute approximate surface area is 98.6 Å². The Bertz CT molecular complexity index is 337. The van der Waals surface area contributed by atoms with E-state index >= 15 is 0 Å². The van der Waals surface area contributed by atoms with E-state index in [1.54, 1.807) is 0 Å². The monoisotopic (exact) mass is 215 g/mol. The van der Waals surface area contributed by atoms with Crippen LogP contribution in [-0.2, 0) is 6.42 Å². The van der Waals surface area contributed by atoms with Crippen molar-refractivity contribution in [2.75, 3.05) is 11.9 Å². The Morgan fingerprint density at radius 2 is 2.00 bits per heavy atom. The summed E-state index contributed by atoms with van der Waals surface area (Å²) in [5.41, 5.74) is 2.66. The van der Waals surface area contributed by atoms with Gasteiger partial charge in [-0.2, -0.15) is 0 Å². The van der Waals surface area contributed by atoms with Crippen LogP contribution in [0, 0.1) is 5.92 Å². The van der Waals surface area contributed by atoms with Crippen molar-refractivity contribution < 1.29 is 0 Å². The van der Waals surface area contributed by atoms with Gasteiger partial charge in [0.1, 0.15) is 0 Å². The molecule has 0 radical (unpaired) electrons. The maximum atomic E-state index is 3.53. The minimum absolute atomic E-state index is 0.816. The van der Waals surface area contributed by atoms with Crippen molar-refractivity contribution in [2.45, 2.75) is 32.6 Å². The van der Waals surface area contributed by atoms with Crippen molar-refractivity contribution in [2.24, 2.45) is 5.92 Å². The molecule has 0 amide bonds. The summed E-state index contributed by atoms with van der Waals surface area (Å²) < 4.78 is 0. The van der Waals surface area contributed by atoms with Gasteiger partial charge < -0.3 is 5.32 Å². The molecule has 1 aliphatic carbocycles. The van der Waals surface area contributed by atoms with Gasteiger partial charge in [0.15, 0.2) is 0 Å². The largest absolute Gasteiger partial charge is 0.385 e. The molecule has 0 aliphatic heterocycles. The lowest BCUT2D eigenvalue weighted by Crippen LogP contribution is -2.15. The second kappa shape index (κ2) is 5.74. The molecular formula is C15H21N. The summed E-state index contributed by atoms with van der Waals surface area (Å²) in [7, 11) is 0. The molecule has 1 aromatic carbocycles. The van der Waals surface area contributed by atoms with Crippen LogP contribution in [0.1, 0.15) is 31.7 Å². The molecule has 2 rings (SSSR count). The summed E-state index contributed by atoms with van der Waals surface area (Å²) >= 11 is 0. The standard InChI is InChI=1S/C15H21N/c1-2-13-8-10-15(11-9-13)16-12-14-6-4-3-5-7-14/h3-4,8-11,14,16H,2,5-7,12H2,1H3. The van der Waals surface area contributed by atoms with E-state index in [0.29, 0.717) is 0 Å². The molecule has 0 aromatic heterocycles. The highest BCUT2D eigenvalue weighted by Gasteiger charge is 2.08. The second-order valence-corrected chi connectivity index (χ2v) is 4.58. The molecule has 0 heterocycles. The summed E-state index contributed by atoms with van der Waals surface area (Å²) in [5.74, 6) is 0.816. The van der Waals surface area contributed by atoms with E-state index in [0.717, 1.165) is 18.9 Å². The molecule has 1 nitrogen and oxygen atoms in total. The van der Waals surface area contributed by atoms with Crippen LogP contribution in [0.5, 0.6) is 0 Å². The first-order valence-corrected chi connectivity index (χ1v) is 6.36. The molecule has 86 valence electrons. The van der Waals surface area contributed by atoms with Crippen LogP contribution in [0.15, 0.2) is 36.4 Å². The Hall–Kier alpha value is -1.24. The number of benzene rings is 1. The van der Waals surface area contributed by atoms with E-state index in [2.05, 4.69) is 48.7 Å². The minimum Gasteiger partial charge on any atom is -0.385 e. The zero-order valence-electron chi connectivity index (χ0n) is 10.1. The van der Waals surface area contributed by atoms with Crippen molar-refractivity contribution in [3.8, 4) is 0 Å². The first-order valence-electron chi connectivity index (χ1n) is 6.36. The topological polar surface area (TPSA) is 12.0 Å². The van der Waals surface area contributed by atoms with Gasteiger partial charge in [-0.05, 0) is 49.3 Å². The molecule has 0 saturated heterocycles. The molecule has 1 heteroatoms. The maximum absolute atomic E-state index is 3.53. The molecule has 1 aromatic rings. The molecule has 16 heavy (non-hydrogen) atoms. The highest BCUT2D eigenvalue weighted by atomic mass is 14.9. The predicted octanol–water partition coefficient (Wildman–Crippen LogP) is 4.02. The van der Waals surface area contributed by atoms with E-state index in [1.807, 2.05) is 0 Å². The van der Waals surface area contributed by atoms with Gasteiger partial charge in [-0.3, -0.25) is 0 Å². The molecule has 1 unspecified atom stereocenters. The van der Waals surface area contributed by atoms with E-state index in [-0.39, 0.29) is 0 Å². The van der Waals surface area contributed by atoms with Crippen molar-refractivity contribution in [3.63, 3.8) is 0 Å². The van der Waals surface area contributed by atoms with Gasteiger partial charge in [0.2, 0.25) is 0 Å². The maximum Gasteiger partial charge on any atom is 0.0340 e. The first kappa shape index (κ1) is 11.3. The van der Waals surface area contributed by atoms with Gasteiger partial charge in [-0.15, -0.1) is 0 Å². The van der Waals surface area contributed by atoms with Gasteiger partial charge in [-0.25, -0.2) is 0 Å². The summed E-state index contributed by atoms with van der Waals surface area (Å²) in [4.78, 5) is 0. The summed E-state index contributed by atoms with van der Waals surface area (Å²) in [6.07, 6.45) is 9.55. The van der Waals surface area contributed by atoms with Crippen LogP contribution < -0.4 is 5.32 Å². The zero-order valence-corrected chi connectivity index (χ0v) is 10.1. The van der Waals surface area contributed by atoms with Crippen LogP contribution in [0.3, 0.4) is 0 Å². The van der Waals surface area contributed by atoms with Crippen molar-refractivity contribution in [1.82, 2.24) is 0 Å². The summed E-state index contributed by atoms with van der Waals surface area (Å²) in [6.45, 7) is 3.30. The Balaban J connectivity index is 1.82. The quantitative estimate of drug-likeness (QED) is 0.748. The number of aryl methyl sites for hydroxylation is 1. The molecule has 0 fully saturated rings. The lowest BCUT2D eigenvalue weighted by Gasteiger charge is -2.18. The third-order valence-corrected chi connectivity index (χ3v) is 3.33. The molecule has 0 saturated carbocycles. The smallest absolute Gasteiger partial charge is 0.0340 e. The highest BCUT2D eigenvalue weighted by molar-refractivity contribution is 5.44. The average Bonchev–Trinajstić information content (AvgIpc) is 2.38. The molecule has 1 aliphatic rings. The van der Waals surface area contributed by atoms with Crippen LogP contribution in [-0.4, -0.2) is 6.54 Å². The number of rotatable bonds is 4.